The number of carboxylic acids is 1. The maximum atomic E-state index is 14.4. The van der Waals surface area contributed by atoms with Gasteiger partial charge in [-0.25, -0.2) is 18.7 Å². The van der Waals surface area contributed by atoms with Crippen molar-refractivity contribution in [1.29, 1.82) is 0 Å². The summed E-state index contributed by atoms with van der Waals surface area (Å²) in [6.45, 7) is 0. The van der Waals surface area contributed by atoms with Crippen LogP contribution in [0.2, 0.25) is 0 Å². The van der Waals surface area contributed by atoms with Crippen LogP contribution in [0.5, 0.6) is 0 Å². The molecule has 2 N–H and O–H groups in total. The zero-order valence-corrected chi connectivity index (χ0v) is 15.6. The van der Waals surface area contributed by atoms with E-state index in [1.54, 1.807) is 0 Å². The van der Waals surface area contributed by atoms with E-state index in [-0.39, 0.29) is 33.3 Å². The van der Waals surface area contributed by atoms with Gasteiger partial charge in [0.15, 0.2) is 17.5 Å². The molecule has 0 aromatic carbocycles. The van der Waals surface area contributed by atoms with E-state index in [1.165, 1.54) is 6.07 Å². The van der Waals surface area contributed by atoms with Gasteiger partial charge in [0.2, 0.25) is 0 Å². The number of aromatic nitrogens is 3. The molecule has 2 fully saturated rings. The summed E-state index contributed by atoms with van der Waals surface area (Å²) >= 11 is 0. The van der Waals surface area contributed by atoms with Crippen LogP contribution in [0.15, 0.2) is 23.1 Å². The van der Waals surface area contributed by atoms with E-state index < -0.39 is 23.5 Å². The molecular weight excluding hydrogens is 384 g/mol. The van der Waals surface area contributed by atoms with Crippen molar-refractivity contribution in [3.05, 3.63) is 41.5 Å². The average molecular weight is 399 g/mol. The minimum absolute atomic E-state index is 0.0146. The number of rotatable bonds is 4. The maximum absolute atomic E-state index is 14.4. The Bertz CT molecular complexity index is 1020. The summed E-state index contributed by atoms with van der Waals surface area (Å²) in [6.07, 6.45) is 4.57. The Labute approximate surface area is 161 Å². The molecule has 2 saturated carbocycles. The second-order valence-corrected chi connectivity index (χ2v) is 8.28. The normalized spacial score (nSPS) is 27.6. The lowest BCUT2D eigenvalue weighted by Gasteiger charge is -2.29. The Morgan fingerprint density at radius 1 is 1.25 bits per heavy atom. The summed E-state index contributed by atoms with van der Waals surface area (Å²) in [5.41, 5.74) is 0.866. The highest BCUT2D eigenvalue weighted by atomic mass is 28.2. The third kappa shape index (κ3) is 2.88. The van der Waals surface area contributed by atoms with E-state index >= 15 is 0 Å². The van der Waals surface area contributed by atoms with Crippen molar-refractivity contribution >= 4 is 32.5 Å². The first-order valence-electron chi connectivity index (χ1n) is 9.03. The lowest BCUT2D eigenvalue weighted by molar-refractivity contribution is -0.143. The molecule has 1 aliphatic heterocycles. The lowest BCUT2D eigenvalue weighted by atomic mass is 9.84. The second-order valence-electron chi connectivity index (χ2n) is 7.36. The van der Waals surface area contributed by atoms with Crippen molar-refractivity contribution in [3.63, 3.8) is 0 Å². The third-order valence-corrected chi connectivity index (χ3v) is 6.63. The van der Waals surface area contributed by atoms with E-state index in [2.05, 4.69) is 24.9 Å². The van der Waals surface area contributed by atoms with Gasteiger partial charge in [0.05, 0.1) is 23.6 Å². The number of carboxylic acid groups (broad SMARTS) is 1. The quantitative estimate of drug-likeness (QED) is 0.749. The van der Waals surface area contributed by atoms with Gasteiger partial charge in [-0.1, -0.05) is 0 Å². The van der Waals surface area contributed by atoms with Gasteiger partial charge in [0.25, 0.3) is 9.68 Å². The van der Waals surface area contributed by atoms with Gasteiger partial charge in [-0.3, -0.25) is 9.78 Å². The average Bonchev–Trinajstić information content (AvgIpc) is 3.35. The Kier molecular flexibility index (Phi) is 3.97. The van der Waals surface area contributed by atoms with Gasteiger partial charge in [-0.15, -0.1) is 0 Å². The molecule has 10 heteroatoms. The van der Waals surface area contributed by atoms with Crippen molar-refractivity contribution in [2.45, 2.75) is 25.3 Å². The summed E-state index contributed by atoms with van der Waals surface area (Å²) in [4.78, 5) is 23.9. The van der Waals surface area contributed by atoms with Crippen LogP contribution < -0.4 is 10.6 Å². The summed E-state index contributed by atoms with van der Waals surface area (Å²) < 4.78 is 32.3. The van der Waals surface area contributed by atoms with Gasteiger partial charge in [-0.2, -0.15) is 0 Å². The number of fused-ring (bicyclic) bond motifs is 2. The summed E-state index contributed by atoms with van der Waals surface area (Å²) in [6, 6.07) is 0.949. The molecular formula is C18H15F2N5O2Si. The van der Waals surface area contributed by atoms with Gasteiger partial charge < -0.3 is 15.1 Å². The van der Waals surface area contributed by atoms with E-state index in [4.69, 9.17) is 0 Å². The molecule has 2 aromatic rings. The van der Waals surface area contributed by atoms with Crippen molar-refractivity contribution in [2.75, 3.05) is 5.32 Å². The predicted octanol–water partition coefficient (Wildman–Crippen LogP) is 1.16. The molecule has 3 heterocycles. The van der Waals surface area contributed by atoms with E-state index in [9.17, 15) is 18.7 Å². The monoisotopic (exact) mass is 399 g/mol. The fourth-order valence-corrected chi connectivity index (χ4v) is 5.06. The molecule has 142 valence electrons. The molecule has 3 aliphatic rings. The van der Waals surface area contributed by atoms with Gasteiger partial charge >= 0.3 is 5.97 Å². The summed E-state index contributed by atoms with van der Waals surface area (Å²) in [7, 11) is 0.0146. The molecule has 0 unspecified atom stereocenters. The molecule has 5 rings (SSSR count). The number of anilines is 1. The predicted molar refractivity (Wildman–Crippen MR) is 96.6 cm³/mol. The zero-order chi connectivity index (χ0) is 19.4. The molecule has 2 aromatic heterocycles. The van der Waals surface area contributed by atoms with Crippen LogP contribution in [0.3, 0.4) is 0 Å². The fourth-order valence-electron chi connectivity index (χ4n) is 4.19. The first-order valence-corrected chi connectivity index (χ1v) is 9.98. The number of aliphatic carboxylic acids is 1. The van der Waals surface area contributed by atoms with Crippen molar-refractivity contribution in [1.82, 2.24) is 15.0 Å². The summed E-state index contributed by atoms with van der Waals surface area (Å²) in [5.74, 6) is -1.77. The number of nitrogens with zero attached hydrogens (tertiary/aromatic N) is 4. The SMILES string of the molecule is O=C(O)[C@@H]1CC[C@H]2C[C@H]2[C@H]1Nc1nc(C2=N[Si]c3ncc(F)cc32)ncc1F. The molecule has 2 aliphatic carbocycles. The molecule has 4 atom stereocenters. The number of pyridine rings is 1. The number of hydrogen-bond acceptors (Lipinski definition) is 6. The second kappa shape index (κ2) is 6.40. The van der Waals surface area contributed by atoms with Crippen molar-refractivity contribution in [3.8, 4) is 0 Å². The van der Waals surface area contributed by atoms with Crippen molar-refractivity contribution in [2.24, 2.45) is 22.4 Å². The van der Waals surface area contributed by atoms with Crippen LogP contribution in [-0.4, -0.2) is 47.5 Å². The maximum Gasteiger partial charge on any atom is 0.308 e. The first kappa shape index (κ1) is 17.4. The number of hydrogen-bond donors (Lipinski definition) is 2. The molecule has 2 radical (unpaired) electrons. The van der Waals surface area contributed by atoms with E-state index in [0.717, 1.165) is 25.2 Å². The standard InChI is InChI=1S/C18H15F2N5O2Si/c19-8-4-11-14(25-28-17(11)22-5-8)16-21-6-12(20)15(24-16)23-13-9(18(26)27)2-1-7-3-10(7)13/h4-7,9-10,13H,1-3H2,(H,26,27)(H,21,23,24)/t7-,9+,10+,13-/m0/s1. The third-order valence-electron chi connectivity index (χ3n) is 5.68. The van der Waals surface area contributed by atoms with Gasteiger partial charge in [0.1, 0.15) is 11.5 Å². The molecule has 0 saturated heterocycles. The van der Waals surface area contributed by atoms with Crippen LogP contribution in [0, 0.1) is 29.4 Å². The number of halogens is 2. The molecule has 28 heavy (non-hydrogen) atoms. The highest BCUT2D eigenvalue weighted by molar-refractivity contribution is 6.59. The molecule has 7 nitrogen and oxygen atoms in total. The zero-order valence-electron chi connectivity index (χ0n) is 14.6. The first-order chi connectivity index (χ1) is 13.5. The highest BCUT2D eigenvalue weighted by Crippen LogP contribution is 2.52. The summed E-state index contributed by atoms with van der Waals surface area (Å²) in [5, 5.41) is 13.2. The Morgan fingerprint density at radius 3 is 2.93 bits per heavy atom. The topological polar surface area (TPSA) is 100 Å². The Balaban J connectivity index is 1.46. The Hall–Kier alpha value is -2.75. The largest absolute Gasteiger partial charge is 0.481 e. The van der Waals surface area contributed by atoms with Crippen molar-refractivity contribution < 1.29 is 18.7 Å². The van der Waals surface area contributed by atoms with Gasteiger partial charge in [-0.05, 0) is 37.2 Å². The van der Waals surface area contributed by atoms with Crippen LogP contribution in [0.25, 0.3) is 0 Å². The molecule has 0 spiro atoms. The minimum Gasteiger partial charge on any atom is -0.481 e. The van der Waals surface area contributed by atoms with Crippen LogP contribution >= 0.6 is 0 Å². The fraction of sp³-hybridized carbons (Fsp3) is 0.389. The number of nitrogens with one attached hydrogen (secondary N) is 1. The number of carbonyl (C=O) groups is 1. The Morgan fingerprint density at radius 2 is 2.11 bits per heavy atom. The van der Waals surface area contributed by atoms with Crippen LogP contribution in [0.1, 0.15) is 30.7 Å². The molecule has 0 bridgehead atoms. The molecule has 0 amide bonds. The lowest BCUT2D eigenvalue weighted by Crippen LogP contribution is -2.40. The van der Waals surface area contributed by atoms with E-state index in [1.807, 2.05) is 0 Å². The van der Waals surface area contributed by atoms with Gasteiger partial charge in [0, 0.05) is 11.6 Å². The minimum atomic E-state index is -0.880. The smallest absolute Gasteiger partial charge is 0.308 e. The van der Waals surface area contributed by atoms with E-state index in [0.29, 0.717) is 28.9 Å². The highest BCUT2D eigenvalue weighted by Gasteiger charge is 2.51. The van der Waals surface area contributed by atoms with Crippen LogP contribution in [-0.2, 0) is 4.79 Å². The van der Waals surface area contributed by atoms with Crippen LogP contribution in [0.4, 0.5) is 14.6 Å².